The molecule has 0 nitrogen and oxygen atoms in total. The Balaban J connectivity index is -0.0000000450. The SMILES string of the molecule is C[C-](C)C.[CH3-].[Y+3]. The van der Waals surface area contributed by atoms with Crippen LogP contribution in [0.3, 0.4) is 0 Å². The van der Waals surface area contributed by atoms with Crippen molar-refractivity contribution in [3.8, 4) is 0 Å². The summed E-state index contributed by atoms with van der Waals surface area (Å²) >= 11 is 0. The van der Waals surface area contributed by atoms with E-state index in [1.807, 2.05) is 0 Å². The fraction of sp³-hybridized carbons (Fsp3) is 0.600. The van der Waals surface area contributed by atoms with E-state index in [4.69, 9.17) is 0 Å². The Kier molecular flexibility index (Phi) is 24.7. The molecule has 0 aliphatic carbocycles. The molecule has 34 valence electrons. The second-order valence-electron chi connectivity index (χ2n) is 1.50. The monoisotopic (exact) mass is 161 g/mol. The van der Waals surface area contributed by atoms with Crippen molar-refractivity contribution in [2.24, 2.45) is 0 Å². The van der Waals surface area contributed by atoms with Crippen LogP contribution in [0, 0.1) is 13.3 Å². The molecule has 0 atom stereocenters. The van der Waals surface area contributed by atoms with E-state index in [1.54, 1.807) is 0 Å². The van der Waals surface area contributed by atoms with E-state index in [1.165, 1.54) is 5.92 Å². The number of rotatable bonds is 0. The standard InChI is InChI=1S/C4H9.CH3.Y/c1-4(2)3;;/h1-3H3;1H3;/q2*-1;+3. The summed E-state index contributed by atoms with van der Waals surface area (Å²) in [6, 6.07) is 0. The molecule has 0 fully saturated rings. The molecule has 0 amide bonds. The van der Waals surface area contributed by atoms with Gasteiger partial charge in [0.05, 0.1) is 0 Å². The zero-order valence-electron chi connectivity index (χ0n) is 5.08. The van der Waals surface area contributed by atoms with Crippen LogP contribution in [0.2, 0.25) is 0 Å². The maximum Gasteiger partial charge on any atom is 3.00 e. The van der Waals surface area contributed by atoms with Crippen LogP contribution in [-0.4, -0.2) is 0 Å². The van der Waals surface area contributed by atoms with Crippen molar-refractivity contribution in [2.45, 2.75) is 20.8 Å². The molecule has 0 N–H and O–H groups in total. The van der Waals surface area contributed by atoms with Gasteiger partial charge >= 0.3 is 32.7 Å². The van der Waals surface area contributed by atoms with Crippen LogP contribution >= 0.6 is 0 Å². The van der Waals surface area contributed by atoms with Crippen molar-refractivity contribution in [2.75, 3.05) is 0 Å². The van der Waals surface area contributed by atoms with Crippen LogP contribution in [0.1, 0.15) is 20.8 Å². The molecule has 0 spiro atoms. The van der Waals surface area contributed by atoms with Gasteiger partial charge < -0.3 is 13.3 Å². The van der Waals surface area contributed by atoms with Gasteiger partial charge in [-0.2, -0.15) is 20.8 Å². The first kappa shape index (κ1) is 15.7. The van der Waals surface area contributed by atoms with Crippen LogP contribution in [0.4, 0.5) is 0 Å². The van der Waals surface area contributed by atoms with E-state index < -0.39 is 0 Å². The number of hydrogen-bond acceptors (Lipinski definition) is 0. The van der Waals surface area contributed by atoms with Crippen LogP contribution in [0.5, 0.6) is 0 Å². The summed E-state index contributed by atoms with van der Waals surface area (Å²) in [5.41, 5.74) is 0. The van der Waals surface area contributed by atoms with Gasteiger partial charge in [0.1, 0.15) is 0 Å². The number of hydrogen-bond donors (Lipinski definition) is 0. The summed E-state index contributed by atoms with van der Waals surface area (Å²) in [7, 11) is 0. The third-order valence-corrected chi connectivity index (χ3v) is 0. The topological polar surface area (TPSA) is 0 Å². The molecule has 1 heteroatoms. The molecule has 0 unspecified atom stereocenters. The molecule has 0 bridgehead atoms. The largest absolute Gasteiger partial charge is 3.00 e. The minimum absolute atomic E-state index is 0. The third kappa shape index (κ3) is 70.5. The van der Waals surface area contributed by atoms with Crippen molar-refractivity contribution in [3.63, 3.8) is 0 Å². The van der Waals surface area contributed by atoms with Gasteiger partial charge in [-0.05, 0) is 0 Å². The van der Waals surface area contributed by atoms with Gasteiger partial charge in [-0.25, -0.2) is 0 Å². The third-order valence-electron chi connectivity index (χ3n) is 0. The average Bonchev–Trinajstić information content (AvgIpc) is 0.811. The minimum Gasteiger partial charge on any atom is -0.358 e. The van der Waals surface area contributed by atoms with E-state index in [0.717, 1.165) is 0 Å². The fourth-order valence-electron chi connectivity index (χ4n) is 0. The Bertz CT molecular complexity index is 8.66. The average molecular weight is 161 g/mol. The predicted molar refractivity (Wildman–Crippen MR) is 26.7 cm³/mol. The van der Waals surface area contributed by atoms with Crippen molar-refractivity contribution in [1.29, 1.82) is 0 Å². The van der Waals surface area contributed by atoms with Crippen LogP contribution in [-0.2, 0) is 32.7 Å². The molecule has 6 heavy (non-hydrogen) atoms. The fourth-order valence-corrected chi connectivity index (χ4v) is 0. The first-order valence-electron chi connectivity index (χ1n) is 1.50. The zero-order valence-corrected chi connectivity index (χ0v) is 7.92. The molecule has 0 aromatic carbocycles. The Labute approximate surface area is 66.6 Å². The van der Waals surface area contributed by atoms with Crippen molar-refractivity contribution >= 4 is 0 Å². The van der Waals surface area contributed by atoms with Gasteiger partial charge in [0.25, 0.3) is 0 Å². The Morgan fingerprint density at radius 2 is 1.00 bits per heavy atom. The molecule has 0 aliphatic rings. The van der Waals surface area contributed by atoms with Crippen LogP contribution in [0.25, 0.3) is 0 Å². The van der Waals surface area contributed by atoms with Gasteiger partial charge in [-0.15, -0.1) is 0 Å². The van der Waals surface area contributed by atoms with E-state index in [-0.39, 0.29) is 40.1 Å². The van der Waals surface area contributed by atoms with E-state index in [9.17, 15) is 0 Å². The van der Waals surface area contributed by atoms with E-state index >= 15 is 0 Å². The normalized spacial score (nSPS) is 6.00. The molecule has 0 aromatic rings. The van der Waals surface area contributed by atoms with E-state index in [0.29, 0.717) is 0 Å². The summed E-state index contributed by atoms with van der Waals surface area (Å²) in [6.45, 7) is 6.25. The second-order valence-corrected chi connectivity index (χ2v) is 1.50. The molecular weight excluding hydrogens is 149 g/mol. The van der Waals surface area contributed by atoms with Gasteiger partial charge in [0, 0.05) is 0 Å². The van der Waals surface area contributed by atoms with Crippen molar-refractivity contribution in [3.05, 3.63) is 13.3 Å². The first-order valence-corrected chi connectivity index (χ1v) is 1.50. The molecule has 0 rings (SSSR count). The van der Waals surface area contributed by atoms with Gasteiger partial charge in [-0.1, -0.05) is 0 Å². The zero-order chi connectivity index (χ0) is 3.58. The quantitative estimate of drug-likeness (QED) is 0.477. The molecule has 0 saturated carbocycles. The van der Waals surface area contributed by atoms with Crippen molar-refractivity contribution < 1.29 is 32.7 Å². The molecular formula is C5H12Y+. The van der Waals surface area contributed by atoms with E-state index in [2.05, 4.69) is 20.8 Å². The predicted octanol–water partition coefficient (Wildman–Crippen LogP) is 2.07. The molecule has 0 aromatic heterocycles. The van der Waals surface area contributed by atoms with Gasteiger partial charge in [-0.3, -0.25) is 0 Å². The van der Waals surface area contributed by atoms with Gasteiger partial charge in [0.2, 0.25) is 0 Å². The summed E-state index contributed by atoms with van der Waals surface area (Å²) in [5, 5.41) is 0. The van der Waals surface area contributed by atoms with Gasteiger partial charge in [0.15, 0.2) is 0 Å². The Hall–Kier alpha value is 1.10. The minimum atomic E-state index is 0. The molecule has 0 saturated heterocycles. The summed E-state index contributed by atoms with van der Waals surface area (Å²) in [4.78, 5) is 0. The smallest absolute Gasteiger partial charge is 0.358 e. The molecule has 0 radical (unpaired) electrons. The van der Waals surface area contributed by atoms with Crippen LogP contribution in [0.15, 0.2) is 0 Å². The first-order chi connectivity index (χ1) is 1.73. The maximum atomic E-state index is 2.08. The summed E-state index contributed by atoms with van der Waals surface area (Å²) in [5.74, 6) is 1.42. The second kappa shape index (κ2) is 9.44. The van der Waals surface area contributed by atoms with Crippen molar-refractivity contribution in [1.82, 2.24) is 0 Å². The Morgan fingerprint density at radius 3 is 1.00 bits per heavy atom. The maximum absolute atomic E-state index is 2.08. The summed E-state index contributed by atoms with van der Waals surface area (Å²) < 4.78 is 0. The van der Waals surface area contributed by atoms with Crippen LogP contribution < -0.4 is 0 Å². The molecule has 0 heterocycles. The Morgan fingerprint density at radius 1 is 1.00 bits per heavy atom. The molecule has 0 aliphatic heterocycles. The summed E-state index contributed by atoms with van der Waals surface area (Å²) in [6.07, 6.45) is 0.